The molecule has 212 valence electrons. The summed E-state index contributed by atoms with van der Waals surface area (Å²) in [4.78, 5) is 12.6. The summed E-state index contributed by atoms with van der Waals surface area (Å²) < 4.78 is 8.12. The summed E-state index contributed by atoms with van der Waals surface area (Å²) in [5.74, 6) is 0.680. The number of benzene rings is 2. The van der Waals surface area contributed by atoms with Crippen LogP contribution in [0.5, 0.6) is 5.75 Å². The fourth-order valence-corrected chi connectivity index (χ4v) is 5.70. The minimum absolute atomic E-state index is 0.0853. The van der Waals surface area contributed by atoms with Crippen molar-refractivity contribution >= 4 is 34.5 Å². The van der Waals surface area contributed by atoms with Gasteiger partial charge in [0.2, 0.25) is 11.4 Å². The monoisotopic (exact) mass is 569 g/mol. The van der Waals surface area contributed by atoms with E-state index in [4.69, 9.17) is 16.3 Å². The van der Waals surface area contributed by atoms with E-state index in [1.165, 1.54) is 81.9 Å². The number of hydrogen-bond donors (Lipinski definition) is 1. The topological polar surface area (TPSA) is 42.2 Å². The Morgan fingerprint density at radius 1 is 0.897 bits per heavy atom. The maximum Gasteiger partial charge on any atom is 0.228 e. The van der Waals surface area contributed by atoms with Crippen molar-refractivity contribution in [2.75, 3.05) is 11.9 Å². The predicted molar refractivity (Wildman–Crippen MR) is 165 cm³/mol. The molecule has 0 spiro atoms. The van der Waals surface area contributed by atoms with E-state index < -0.39 is 0 Å². The van der Waals surface area contributed by atoms with E-state index in [1.807, 2.05) is 30.3 Å². The Bertz CT molecular complexity index is 1110. The molecule has 39 heavy (non-hydrogen) atoms. The summed E-state index contributed by atoms with van der Waals surface area (Å²) in [5.41, 5.74) is 6.14. The van der Waals surface area contributed by atoms with Crippen molar-refractivity contribution in [2.24, 2.45) is 0 Å². The van der Waals surface area contributed by atoms with E-state index in [-0.39, 0.29) is 12.3 Å². The Morgan fingerprint density at radius 3 is 2.13 bits per heavy atom. The van der Waals surface area contributed by atoms with Gasteiger partial charge < -0.3 is 10.1 Å². The van der Waals surface area contributed by atoms with Crippen LogP contribution in [0.1, 0.15) is 101 Å². The zero-order valence-electron chi connectivity index (χ0n) is 23.9. The molecule has 1 heterocycles. The van der Waals surface area contributed by atoms with Gasteiger partial charge in [0.1, 0.15) is 5.75 Å². The third-order valence-electron chi connectivity index (χ3n) is 7.11. The van der Waals surface area contributed by atoms with Crippen molar-refractivity contribution in [3.05, 3.63) is 75.2 Å². The first-order chi connectivity index (χ1) is 19.0. The molecule has 0 saturated carbocycles. The number of unbranched alkanes of at least 4 members (excludes halogenated alkanes) is 11. The highest BCUT2D eigenvalue weighted by molar-refractivity contribution is 7.07. The third kappa shape index (κ3) is 12.1. The number of thiazole rings is 1. The predicted octanol–water partition coefficient (Wildman–Crippen LogP) is 9.31. The van der Waals surface area contributed by atoms with Crippen LogP contribution in [0.25, 0.3) is 0 Å². The van der Waals surface area contributed by atoms with Crippen molar-refractivity contribution in [1.82, 2.24) is 0 Å². The first-order valence-electron chi connectivity index (χ1n) is 14.8. The average Bonchev–Trinajstić information content (AvgIpc) is 3.33. The van der Waals surface area contributed by atoms with Gasteiger partial charge in [0.25, 0.3) is 0 Å². The SMILES string of the molecule is CCCCCCCCCCCCCCOc1ccc(CC(=O)Nc2ccc(C[n+]3cscc3C)cc2)c(Cl)c1. The maximum absolute atomic E-state index is 12.6. The zero-order chi connectivity index (χ0) is 27.7. The van der Waals surface area contributed by atoms with Crippen LogP contribution in [0.15, 0.2) is 53.4 Å². The van der Waals surface area contributed by atoms with Crippen LogP contribution >= 0.6 is 22.9 Å². The number of aryl methyl sites for hydroxylation is 1. The fourth-order valence-electron chi connectivity index (χ4n) is 4.68. The highest BCUT2D eigenvalue weighted by atomic mass is 35.5. The van der Waals surface area contributed by atoms with Crippen LogP contribution in [0, 0.1) is 6.92 Å². The number of aromatic nitrogens is 1. The maximum atomic E-state index is 12.6. The lowest BCUT2D eigenvalue weighted by Crippen LogP contribution is -2.34. The van der Waals surface area contributed by atoms with Gasteiger partial charge in [-0.3, -0.25) is 4.79 Å². The van der Waals surface area contributed by atoms with E-state index in [9.17, 15) is 4.79 Å². The Labute approximate surface area is 244 Å². The molecule has 0 atom stereocenters. The van der Waals surface area contributed by atoms with Crippen LogP contribution in [-0.2, 0) is 17.8 Å². The van der Waals surface area contributed by atoms with Gasteiger partial charge in [-0.05, 0) is 36.2 Å². The van der Waals surface area contributed by atoms with E-state index in [0.717, 1.165) is 30.0 Å². The zero-order valence-corrected chi connectivity index (χ0v) is 25.4. The number of ether oxygens (including phenoxy) is 1. The second-order valence-electron chi connectivity index (χ2n) is 10.5. The minimum Gasteiger partial charge on any atom is -0.494 e. The summed E-state index contributed by atoms with van der Waals surface area (Å²) in [6.07, 6.45) is 16.2. The molecule has 4 nitrogen and oxygen atoms in total. The number of halogens is 1. The fraction of sp³-hybridized carbons (Fsp3) is 0.515. The number of nitrogens with zero attached hydrogens (tertiary/aromatic N) is 1. The van der Waals surface area contributed by atoms with Crippen molar-refractivity contribution in [1.29, 1.82) is 0 Å². The van der Waals surface area contributed by atoms with Gasteiger partial charge >= 0.3 is 0 Å². The van der Waals surface area contributed by atoms with Crippen molar-refractivity contribution < 1.29 is 14.1 Å². The molecule has 0 aliphatic heterocycles. The first kappa shape index (κ1) is 31.2. The van der Waals surface area contributed by atoms with E-state index >= 15 is 0 Å². The molecule has 0 unspecified atom stereocenters. The van der Waals surface area contributed by atoms with Gasteiger partial charge in [0, 0.05) is 23.2 Å². The molecular formula is C33H46ClN2O2S+. The number of carbonyl (C=O) groups is 1. The third-order valence-corrected chi connectivity index (χ3v) is 8.32. The van der Waals surface area contributed by atoms with Gasteiger partial charge in [-0.2, -0.15) is 4.57 Å². The second-order valence-corrected chi connectivity index (χ2v) is 11.7. The largest absolute Gasteiger partial charge is 0.494 e. The Balaban J connectivity index is 1.28. The van der Waals surface area contributed by atoms with Crippen LogP contribution in [0.4, 0.5) is 5.69 Å². The molecule has 1 aromatic heterocycles. The number of carbonyl (C=O) groups excluding carboxylic acids is 1. The normalized spacial score (nSPS) is 11.1. The van der Waals surface area contributed by atoms with E-state index in [1.54, 1.807) is 11.3 Å². The van der Waals surface area contributed by atoms with Crippen LogP contribution in [-0.4, -0.2) is 12.5 Å². The summed E-state index contributed by atoms with van der Waals surface area (Å²) in [6.45, 7) is 5.91. The molecule has 0 aliphatic rings. The van der Waals surface area contributed by atoms with E-state index in [0.29, 0.717) is 11.6 Å². The molecule has 0 radical (unpaired) electrons. The summed E-state index contributed by atoms with van der Waals surface area (Å²) in [6, 6.07) is 13.6. The van der Waals surface area contributed by atoms with Crippen LogP contribution in [0.2, 0.25) is 5.02 Å². The van der Waals surface area contributed by atoms with Crippen molar-refractivity contribution in [2.45, 2.75) is 104 Å². The summed E-state index contributed by atoms with van der Waals surface area (Å²) in [7, 11) is 0. The number of rotatable bonds is 19. The number of amides is 1. The van der Waals surface area contributed by atoms with Gasteiger partial charge in [-0.15, -0.1) is 0 Å². The standard InChI is InChI=1S/C33H45ClN2O2S/c1-3-4-5-6-7-8-9-10-11-12-13-14-21-38-31-20-17-29(32(34)23-31)22-33(37)35-30-18-15-28(16-19-30)24-36-26-39-25-27(36)2/h15-20,23,25-26H,3-14,21-22,24H2,1-2H3/p+1. The van der Waals surface area contributed by atoms with Gasteiger partial charge in [0.05, 0.1) is 18.4 Å². The van der Waals surface area contributed by atoms with Gasteiger partial charge in [0.15, 0.2) is 12.2 Å². The lowest BCUT2D eigenvalue weighted by Gasteiger charge is -2.10. The molecule has 2 aromatic carbocycles. The number of nitrogens with one attached hydrogen (secondary N) is 1. The molecule has 0 saturated heterocycles. The molecular weight excluding hydrogens is 524 g/mol. The molecule has 0 fully saturated rings. The lowest BCUT2D eigenvalue weighted by molar-refractivity contribution is -0.689. The number of anilines is 1. The average molecular weight is 570 g/mol. The molecule has 1 amide bonds. The Morgan fingerprint density at radius 2 is 1.54 bits per heavy atom. The Kier molecular flexibility index (Phi) is 14.4. The van der Waals surface area contributed by atoms with Crippen molar-refractivity contribution in [3.63, 3.8) is 0 Å². The molecule has 3 rings (SSSR count). The second kappa shape index (κ2) is 18.1. The molecule has 3 aromatic rings. The highest BCUT2D eigenvalue weighted by Gasteiger charge is 2.11. The van der Waals surface area contributed by atoms with Crippen LogP contribution in [0.3, 0.4) is 0 Å². The minimum atomic E-state index is -0.0853. The van der Waals surface area contributed by atoms with Crippen LogP contribution < -0.4 is 14.6 Å². The molecule has 0 aliphatic carbocycles. The molecule has 1 N–H and O–H groups in total. The first-order valence-corrected chi connectivity index (χ1v) is 16.1. The smallest absolute Gasteiger partial charge is 0.228 e. The van der Waals surface area contributed by atoms with Gasteiger partial charge in [-0.25, -0.2) is 0 Å². The number of hydrogen-bond acceptors (Lipinski definition) is 3. The highest BCUT2D eigenvalue weighted by Crippen LogP contribution is 2.24. The molecule has 6 heteroatoms. The van der Waals surface area contributed by atoms with E-state index in [2.05, 4.69) is 46.8 Å². The summed E-state index contributed by atoms with van der Waals surface area (Å²) in [5, 5.41) is 5.68. The lowest BCUT2D eigenvalue weighted by atomic mass is 10.1. The van der Waals surface area contributed by atoms with Crippen molar-refractivity contribution in [3.8, 4) is 5.75 Å². The molecule has 0 bridgehead atoms. The summed E-state index contributed by atoms with van der Waals surface area (Å²) >= 11 is 8.17. The quantitative estimate of drug-likeness (QED) is 0.115. The Hall–Kier alpha value is -2.37. The van der Waals surface area contributed by atoms with Gasteiger partial charge in [-0.1, -0.05) is 119 Å².